The number of amides is 3. The zero-order valence-corrected chi connectivity index (χ0v) is 25.8. The maximum atomic E-state index is 13.8. The fourth-order valence-corrected chi connectivity index (χ4v) is 6.31. The van der Waals surface area contributed by atoms with Crippen molar-refractivity contribution < 1.29 is 24.2 Å². The first-order valence-corrected chi connectivity index (χ1v) is 15.6. The number of aliphatic hydroxyl groups is 1. The summed E-state index contributed by atoms with van der Waals surface area (Å²) in [6.07, 6.45) is -0.626. The molecule has 0 aliphatic carbocycles. The van der Waals surface area contributed by atoms with Crippen LogP contribution in [-0.4, -0.2) is 63.1 Å². The quantitative estimate of drug-likeness (QED) is 0.252. The Balaban J connectivity index is 1.42. The predicted molar refractivity (Wildman–Crippen MR) is 169 cm³/mol. The Morgan fingerprint density at radius 1 is 1.00 bits per heavy atom. The summed E-state index contributed by atoms with van der Waals surface area (Å²) >= 11 is 1.49. The number of nitrogens with one attached hydrogen (secondary N) is 2. The number of aryl methyl sites for hydroxylation is 1. The van der Waals surface area contributed by atoms with Gasteiger partial charge in [0.05, 0.1) is 18.5 Å². The van der Waals surface area contributed by atoms with E-state index in [0.29, 0.717) is 19.6 Å². The van der Waals surface area contributed by atoms with E-state index in [4.69, 9.17) is 4.74 Å². The van der Waals surface area contributed by atoms with Crippen LogP contribution in [0.2, 0.25) is 0 Å². The van der Waals surface area contributed by atoms with Gasteiger partial charge in [-0.2, -0.15) is 0 Å². The molecule has 0 saturated carbocycles. The first-order valence-electron chi connectivity index (χ1n) is 14.6. The highest BCUT2D eigenvalue weighted by Gasteiger charge is 2.49. The maximum absolute atomic E-state index is 13.8. The molecule has 8 nitrogen and oxygen atoms in total. The number of rotatable bonds is 13. The van der Waals surface area contributed by atoms with Gasteiger partial charge in [-0.15, -0.1) is 11.8 Å². The second kappa shape index (κ2) is 15.1. The van der Waals surface area contributed by atoms with E-state index in [1.54, 1.807) is 0 Å². The van der Waals surface area contributed by atoms with Gasteiger partial charge in [-0.1, -0.05) is 72.8 Å². The number of hydrogen-bond acceptors (Lipinski definition) is 6. The molecule has 1 saturated heterocycles. The van der Waals surface area contributed by atoms with Gasteiger partial charge >= 0.3 is 0 Å². The fourth-order valence-electron chi connectivity index (χ4n) is 5.17. The third-order valence-corrected chi connectivity index (χ3v) is 9.01. The van der Waals surface area contributed by atoms with Crippen LogP contribution in [0.3, 0.4) is 0 Å². The lowest BCUT2D eigenvalue weighted by Gasteiger charge is -2.33. The van der Waals surface area contributed by atoms with Crippen molar-refractivity contribution in [3.05, 3.63) is 102 Å². The van der Waals surface area contributed by atoms with Gasteiger partial charge < -0.3 is 25.4 Å². The molecule has 43 heavy (non-hydrogen) atoms. The number of para-hydroxylation sites is 1. The zero-order valence-electron chi connectivity index (χ0n) is 25.0. The van der Waals surface area contributed by atoms with Crippen molar-refractivity contribution in [2.45, 2.75) is 69.5 Å². The molecule has 1 aliphatic heterocycles. The lowest BCUT2D eigenvalue weighted by Crippen LogP contribution is -2.58. The van der Waals surface area contributed by atoms with Crippen molar-refractivity contribution in [2.24, 2.45) is 0 Å². The van der Waals surface area contributed by atoms with Gasteiger partial charge in [-0.3, -0.25) is 14.4 Å². The van der Waals surface area contributed by atoms with Crippen LogP contribution in [0.4, 0.5) is 0 Å². The van der Waals surface area contributed by atoms with Gasteiger partial charge in [0.15, 0.2) is 6.10 Å². The first kappa shape index (κ1) is 32.1. The highest BCUT2D eigenvalue weighted by atomic mass is 32.2. The lowest BCUT2D eigenvalue weighted by molar-refractivity contribution is -0.147. The Bertz CT molecular complexity index is 1370. The molecule has 4 rings (SSSR count). The van der Waals surface area contributed by atoms with Gasteiger partial charge in [-0.05, 0) is 62.4 Å². The molecule has 0 aromatic heterocycles. The SMILES string of the molecule is Cc1ccccc1CNC(=O)C1N(C(=O)C(O)C(Cc2ccccc2)NC(=O)CCCOc2ccccc2)CSC1(C)C. The van der Waals surface area contributed by atoms with Crippen LogP contribution in [0.15, 0.2) is 84.9 Å². The molecule has 3 unspecified atom stereocenters. The van der Waals surface area contributed by atoms with Crippen LogP contribution in [0, 0.1) is 6.92 Å². The minimum absolute atomic E-state index is 0.176. The van der Waals surface area contributed by atoms with E-state index in [0.717, 1.165) is 22.4 Å². The smallest absolute Gasteiger partial charge is 0.254 e. The molecule has 3 aromatic rings. The number of benzene rings is 3. The van der Waals surface area contributed by atoms with Gasteiger partial charge in [0, 0.05) is 17.7 Å². The van der Waals surface area contributed by atoms with E-state index in [-0.39, 0.29) is 30.5 Å². The van der Waals surface area contributed by atoms with Crippen LogP contribution in [0.25, 0.3) is 0 Å². The molecule has 3 aromatic carbocycles. The minimum atomic E-state index is -1.54. The zero-order chi connectivity index (χ0) is 30.8. The molecule has 0 spiro atoms. The first-order chi connectivity index (χ1) is 20.7. The average Bonchev–Trinajstić information content (AvgIpc) is 3.33. The molecule has 3 atom stereocenters. The van der Waals surface area contributed by atoms with Crippen LogP contribution in [0.5, 0.6) is 5.75 Å². The molecule has 1 heterocycles. The standard InChI is InChI=1S/C34H41N3O5S/c1-24-13-10-11-16-26(24)22-35-32(40)31-34(2,3)43-23-37(31)33(41)30(39)28(21-25-14-6-4-7-15-25)36-29(38)19-12-20-42-27-17-8-5-9-18-27/h4-11,13-18,28,30-31,39H,12,19-23H2,1-3H3,(H,35,40)(H,36,38). The summed E-state index contributed by atoms with van der Waals surface area (Å²) in [4.78, 5) is 41.7. The maximum Gasteiger partial charge on any atom is 0.254 e. The summed E-state index contributed by atoms with van der Waals surface area (Å²) in [5.41, 5.74) is 2.94. The molecular formula is C34H41N3O5S. The normalized spacial score (nSPS) is 17.1. The van der Waals surface area contributed by atoms with Gasteiger partial charge in [-0.25, -0.2) is 0 Å². The number of ether oxygens (including phenoxy) is 1. The Morgan fingerprint density at radius 2 is 1.65 bits per heavy atom. The molecular weight excluding hydrogens is 562 g/mol. The molecule has 3 amide bonds. The summed E-state index contributed by atoms with van der Waals surface area (Å²) in [7, 11) is 0. The van der Waals surface area contributed by atoms with Gasteiger partial charge in [0.25, 0.3) is 5.91 Å². The molecule has 1 fully saturated rings. The molecule has 1 aliphatic rings. The van der Waals surface area contributed by atoms with E-state index in [2.05, 4.69) is 10.6 Å². The molecule has 0 bridgehead atoms. The number of hydrogen-bond donors (Lipinski definition) is 3. The summed E-state index contributed by atoms with van der Waals surface area (Å²) in [5, 5.41) is 17.3. The number of nitrogens with zero attached hydrogens (tertiary/aromatic N) is 1. The van der Waals surface area contributed by atoms with E-state index >= 15 is 0 Å². The van der Waals surface area contributed by atoms with Crippen molar-refractivity contribution in [1.29, 1.82) is 0 Å². The van der Waals surface area contributed by atoms with Crippen molar-refractivity contribution in [3.8, 4) is 5.75 Å². The van der Waals surface area contributed by atoms with Crippen LogP contribution < -0.4 is 15.4 Å². The number of thioether (sulfide) groups is 1. The topological polar surface area (TPSA) is 108 Å². The second-order valence-electron chi connectivity index (χ2n) is 11.3. The Labute approximate surface area is 258 Å². The van der Waals surface area contributed by atoms with Gasteiger partial charge in [0.1, 0.15) is 11.8 Å². The van der Waals surface area contributed by atoms with E-state index in [9.17, 15) is 19.5 Å². The summed E-state index contributed by atoms with van der Waals surface area (Å²) in [5.74, 6) is -0.153. The summed E-state index contributed by atoms with van der Waals surface area (Å²) in [6, 6.07) is 24.9. The van der Waals surface area contributed by atoms with Crippen LogP contribution in [-0.2, 0) is 27.3 Å². The van der Waals surface area contributed by atoms with E-state index in [1.807, 2.05) is 106 Å². The molecule has 3 N–H and O–H groups in total. The fraction of sp³-hybridized carbons (Fsp3) is 0.382. The van der Waals surface area contributed by atoms with Crippen molar-refractivity contribution in [1.82, 2.24) is 15.5 Å². The van der Waals surface area contributed by atoms with Gasteiger partial charge in [0.2, 0.25) is 11.8 Å². The Kier molecular flexibility index (Phi) is 11.3. The largest absolute Gasteiger partial charge is 0.494 e. The van der Waals surface area contributed by atoms with Crippen molar-refractivity contribution >= 4 is 29.5 Å². The number of carbonyl (C=O) groups is 3. The highest BCUT2D eigenvalue weighted by molar-refractivity contribution is 8.00. The summed E-state index contributed by atoms with van der Waals surface area (Å²) in [6.45, 7) is 6.54. The number of carbonyl (C=O) groups excluding carboxylic acids is 3. The van der Waals surface area contributed by atoms with E-state index < -0.39 is 28.8 Å². The average molecular weight is 604 g/mol. The van der Waals surface area contributed by atoms with Crippen molar-refractivity contribution in [3.63, 3.8) is 0 Å². The monoisotopic (exact) mass is 603 g/mol. The van der Waals surface area contributed by atoms with Crippen LogP contribution in [0.1, 0.15) is 43.4 Å². The number of aliphatic hydroxyl groups excluding tert-OH is 1. The van der Waals surface area contributed by atoms with Crippen LogP contribution >= 0.6 is 11.8 Å². The molecule has 228 valence electrons. The van der Waals surface area contributed by atoms with E-state index in [1.165, 1.54) is 16.7 Å². The highest BCUT2D eigenvalue weighted by Crippen LogP contribution is 2.40. The van der Waals surface area contributed by atoms with Crippen molar-refractivity contribution in [2.75, 3.05) is 12.5 Å². The molecule has 9 heteroatoms. The Hall–Kier alpha value is -3.82. The Morgan fingerprint density at radius 3 is 2.35 bits per heavy atom. The second-order valence-corrected chi connectivity index (χ2v) is 12.9. The minimum Gasteiger partial charge on any atom is -0.494 e. The summed E-state index contributed by atoms with van der Waals surface area (Å²) < 4.78 is 5.12. The third-order valence-electron chi connectivity index (χ3n) is 7.63. The molecule has 0 radical (unpaired) electrons. The third kappa shape index (κ3) is 8.84. The lowest BCUT2D eigenvalue weighted by atomic mass is 9.97. The predicted octanol–water partition coefficient (Wildman–Crippen LogP) is 4.24.